The molecule has 4 aliphatic rings. The third kappa shape index (κ3) is 2.54. The minimum absolute atomic E-state index is 0.0138. The van der Waals surface area contributed by atoms with Crippen molar-refractivity contribution in [1.82, 2.24) is 5.32 Å². The highest BCUT2D eigenvalue weighted by Gasteiger charge is 2.60. The van der Waals surface area contributed by atoms with E-state index in [0.717, 1.165) is 30.1 Å². The predicted molar refractivity (Wildman–Crippen MR) is 90.6 cm³/mol. The van der Waals surface area contributed by atoms with E-state index in [0.29, 0.717) is 10.8 Å². The number of carbonyl (C=O) groups is 1. The largest absolute Gasteiger partial charge is 0.497 e. The van der Waals surface area contributed by atoms with E-state index in [1.807, 2.05) is 24.3 Å². The average Bonchev–Trinajstić information content (AvgIpc) is 2.43. The van der Waals surface area contributed by atoms with Gasteiger partial charge in [0.2, 0.25) is 0 Å². The van der Waals surface area contributed by atoms with Crippen molar-refractivity contribution in [2.45, 2.75) is 57.9 Å². The Morgan fingerprint density at radius 2 is 1.65 bits per heavy atom. The summed E-state index contributed by atoms with van der Waals surface area (Å²) in [4.78, 5) is 12.8. The summed E-state index contributed by atoms with van der Waals surface area (Å²) in [5.74, 6) is 1.65. The fourth-order valence-electron chi connectivity index (χ4n) is 6.64. The van der Waals surface area contributed by atoms with E-state index in [9.17, 15) is 4.79 Å². The molecule has 0 radical (unpaired) electrons. The first-order valence-electron chi connectivity index (χ1n) is 8.79. The highest BCUT2D eigenvalue weighted by Crippen LogP contribution is 2.66. The average molecular weight is 313 g/mol. The Balaban J connectivity index is 1.57. The molecule has 1 aromatic rings. The maximum atomic E-state index is 12.8. The first kappa shape index (κ1) is 15.0. The Hall–Kier alpha value is -1.51. The SMILES string of the molecule is COc1ccc(C(=O)NC23CC4C[C@@](C)(C2)C[C@@](C)(C4)C3)cc1. The van der Waals surface area contributed by atoms with Gasteiger partial charge in [0, 0.05) is 11.1 Å². The van der Waals surface area contributed by atoms with Gasteiger partial charge in [-0.05, 0) is 79.5 Å². The number of nitrogens with one attached hydrogen (secondary N) is 1. The molecule has 0 spiro atoms. The molecule has 124 valence electrons. The minimum Gasteiger partial charge on any atom is -0.497 e. The van der Waals surface area contributed by atoms with Crippen LogP contribution in [-0.4, -0.2) is 18.6 Å². The van der Waals surface area contributed by atoms with E-state index >= 15 is 0 Å². The molecule has 4 aliphatic carbocycles. The van der Waals surface area contributed by atoms with Crippen LogP contribution in [0.15, 0.2) is 24.3 Å². The van der Waals surface area contributed by atoms with Gasteiger partial charge in [-0.3, -0.25) is 4.79 Å². The summed E-state index contributed by atoms with van der Waals surface area (Å²) >= 11 is 0. The van der Waals surface area contributed by atoms with Crippen LogP contribution in [0.1, 0.15) is 62.7 Å². The van der Waals surface area contributed by atoms with Crippen LogP contribution in [0.2, 0.25) is 0 Å². The first-order valence-corrected chi connectivity index (χ1v) is 8.79. The van der Waals surface area contributed by atoms with Crippen molar-refractivity contribution in [2.75, 3.05) is 7.11 Å². The third-order valence-electron chi connectivity index (χ3n) is 6.36. The molecule has 0 aromatic heterocycles. The van der Waals surface area contributed by atoms with Gasteiger partial charge in [-0.2, -0.15) is 0 Å². The fourth-order valence-corrected chi connectivity index (χ4v) is 6.64. The third-order valence-corrected chi connectivity index (χ3v) is 6.36. The summed E-state index contributed by atoms with van der Waals surface area (Å²) in [6.45, 7) is 4.87. The van der Waals surface area contributed by atoms with Crippen molar-refractivity contribution in [3.8, 4) is 5.75 Å². The molecule has 0 unspecified atom stereocenters. The van der Waals surface area contributed by atoms with Crippen LogP contribution in [0.3, 0.4) is 0 Å². The maximum Gasteiger partial charge on any atom is 0.251 e. The summed E-state index contributed by atoms with van der Waals surface area (Å²) in [5, 5.41) is 3.45. The quantitative estimate of drug-likeness (QED) is 0.909. The molecule has 3 heteroatoms. The molecule has 4 bridgehead atoms. The molecule has 0 saturated heterocycles. The lowest BCUT2D eigenvalue weighted by atomic mass is 9.43. The zero-order valence-corrected chi connectivity index (χ0v) is 14.4. The van der Waals surface area contributed by atoms with Crippen LogP contribution in [0, 0.1) is 16.7 Å². The van der Waals surface area contributed by atoms with Gasteiger partial charge in [-0.25, -0.2) is 0 Å². The second kappa shape index (κ2) is 4.75. The molecule has 23 heavy (non-hydrogen) atoms. The van der Waals surface area contributed by atoms with E-state index in [1.165, 1.54) is 25.7 Å². The number of ether oxygens (including phenoxy) is 1. The highest BCUT2D eigenvalue weighted by atomic mass is 16.5. The summed E-state index contributed by atoms with van der Waals surface area (Å²) in [6.07, 6.45) is 7.49. The molecule has 4 fully saturated rings. The molecule has 2 atom stereocenters. The summed E-state index contributed by atoms with van der Waals surface area (Å²) in [6, 6.07) is 7.44. The van der Waals surface area contributed by atoms with Crippen molar-refractivity contribution < 1.29 is 9.53 Å². The molecule has 5 rings (SSSR count). The number of benzene rings is 1. The fraction of sp³-hybridized carbons (Fsp3) is 0.650. The van der Waals surface area contributed by atoms with Gasteiger partial charge in [-0.1, -0.05) is 13.8 Å². The topological polar surface area (TPSA) is 38.3 Å². The molecule has 1 amide bonds. The van der Waals surface area contributed by atoms with Gasteiger partial charge in [0.1, 0.15) is 5.75 Å². The van der Waals surface area contributed by atoms with Crippen molar-refractivity contribution in [2.24, 2.45) is 16.7 Å². The van der Waals surface area contributed by atoms with E-state index < -0.39 is 0 Å². The van der Waals surface area contributed by atoms with Crippen LogP contribution < -0.4 is 10.1 Å². The lowest BCUT2D eigenvalue weighted by Crippen LogP contribution is -2.65. The summed E-state index contributed by atoms with van der Waals surface area (Å²) in [5.41, 5.74) is 1.58. The van der Waals surface area contributed by atoms with E-state index in [4.69, 9.17) is 4.74 Å². The molecule has 4 saturated carbocycles. The van der Waals surface area contributed by atoms with Gasteiger partial charge in [0.15, 0.2) is 0 Å². The molecule has 0 aliphatic heterocycles. The zero-order valence-electron chi connectivity index (χ0n) is 14.4. The normalized spacial score (nSPS) is 40.9. The Bertz CT molecular complexity index is 618. The monoisotopic (exact) mass is 313 g/mol. The van der Waals surface area contributed by atoms with Crippen molar-refractivity contribution in [1.29, 1.82) is 0 Å². The molecule has 0 heterocycles. The maximum absolute atomic E-state index is 12.8. The van der Waals surface area contributed by atoms with Crippen LogP contribution in [0.25, 0.3) is 0 Å². The summed E-state index contributed by atoms with van der Waals surface area (Å²) < 4.78 is 5.18. The zero-order chi connectivity index (χ0) is 16.3. The number of carbonyl (C=O) groups excluding carboxylic acids is 1. The Kier molecular flexibility index (Phi) is 3.11. The Morgan fingerprint density at radius 3 is 2.17 bits per heavy atom. The van der Waals surface area contributed by atoms with E-state index in [2.05, 4.69) is 19.2 Å². The van der Waals surface area contributed by atoms with Crippen molar-refractivity contribution in [3.05, 3.63) is 29.8 Å². The molecule has 1 N–H and O–H groups in total. The van der Waals surface area contributed by atoms with Crippen LogP contribution >= 0.6 is 0 Å². The Labute approximate surface area is 138 Å². The van der Waals surface area contributed by atoms with E-state index in [1.54, 1.807) is 7.11 Å². The summed E-state index contributed by atoms with van der Waals surface area (Å²) in [7, 11) is 1.64. The smallest absolute Gasteiger partial charge is 0.251 e. The van der Waals surface area contributed by atoms with Crippen LogP contribution in [0.4, 0.5) is 0 Å². The van der Waals surface area contributed by atoms with Gasteiger partial charge in [0.05, 0.1) is 7.11 Å². The second-order valence-corrected chi connectivity index (χ2v) is 9.09. The standard InChI is InChI=1S/C20H27NO2/c1-18-8-14-9-19(2,11-18)13-20(10-14,12-18)21-17(22)15-4-6-16(23-3)7-5-15/h4-7,14H,8-13H2,1-3H3,(H,21,22)/t14?,18-,19-,20?/m1/s1. The van der Waals surface area contributed by atoms with Gasteiger partial charge >= 0.3 is 0 Å². The predicted octanol–water partition coefficient (Wildman–Crippen LogP) is 4.17. The van der Waals surface area contributed by atoms with Crippen LogP contribution in [-0.2, 0) is 0 Å². The number of amides is 1. The highest BCUT2D eigenvalue weighted by molar-refractivity contribution is 5.94. The van der Waals surface area contributed by atoms with Crippen molar-refractivity contribution >= 4 is 5.91 Å². The molecule has 3 nitrogen and oxygen atoms in total. The minimum atomic E-state index is 0.0138. The Morgan fingerprint density at radius 1 is 1.04 bits per heavy atom. The molecule has 1 aromatic carbocycles. The lowest BCUT2D eigenvalue weighted by Gasteiger charge is -2.65. The lowest BCUT2D eigenvalue weighted by molar-refractivity contribution is -0.114. The van der Waals surface area contributed by atoms with Crippen LogP contribution in [0.5, 0.6) is 5.75 Å². The second-order valence-electron chi connectivity index (χ2n) is 9.09. The van der Waals surface area contributed by atoms with Gasteiger partial charge in [-0.15, -0.1) is 0 Å². The molecular weight excluding hydrogens is 286 g/mol. The number of hydrogen-bond acceptors (Lipinski definition) is 2. The number of hydrogen-bond donors (Lipinski definition) is 1. The number of methoxy groups -OCH3 is 1. The first-order chi connectivity index (χ1) is 10.8. The van der Waals surface area contributed by atoms with E-state index in [-0.39, 0.29) is 11.4 Å². The number of rotatable bonds is 3. The van der Waals surface area contributed by atoms with Gasteiger partial charge < -0.3 is 10.1 Å². The molecular formula is C20H27NO2. The van der Waals surface area contributed by atoms with Crippen molar-refractivity contribution in [3.63, 3.8) is 0 Å². The van der Waals surface area contributed by atoms with Gasteiger partial charge in [0.25, 0.3) is 5.91 Å².